The Labute approximate surface area is 175 Å². The first-order valence-electron chi connectivity index (χ1n) is 10.4. The Hall–Kier alpha value is -3.06. The number of aliphatic hydroxyl groups is 1. The number of amides is 2. The van der Waals surface area contributed by atoms with Crippen molar-refractivity contribution in [2.45, 2.75) is 32.9 Å². The Morgan fingerprint density at radius 1 is 1.17 bits per heavy atom. The highest BCUT2D eigenvalue weighted by Crippen LogP contribution is 2.34. The quantitative estimate of drug-likeness (QED) is 0.650. The van der Waals surface area contributed by atoms with Crippen LogP contribution in [0.2, 0.25) is 0 Å². The number of β-amino-alcohol motifs (C(OH)–C–C–N with tert-alkyl or cyclic N) is 1. The van der Waals surface area contributed by atoms with Crippen molar-refractivity contribution < 1.29 is 14.6 Å². The SMILES string of the molecule is Cc1nc2ccc(-c3cc(C)c4c(c3)CN(C(=O)N3CC[C@@H](O)C3)CCO4)cc2[nH]1. The Morgan fingerprint density at radius 2 is 2.03 bits per heavy atom. The van der Waals surface area contributed by atoms with Crippen LogP contribution in [0.4, 0.5) is 4.79 Å². The molecule has 7 heteroatoms. The van der Waals surface area contributed by atoms with Gasteiger partial charge >= 0.3 is 6.03 Å². The van der Waals surface area contributed by atoms with Crippen molar-refractivity contribution in [2.24, 2.45) is 0 Å². The summed E-state index contributed by atoms with van der Waals surface area (Å²) in [6, 6.07) is 10.5. The van der Waals surface area contributed by atoms with Crippen molar-refractivity contribution in [1.29, 1.82) is 0 Å². The summed E-state index contributed by atoms with van der Waals surface area (Å²) in [5.74, 6) is 1.77. The Balaban J connectivity index is 1.47. The summed E-state index contributed by atoms with van der Waals surface area (Å²) in [6.07, 6.45) is 0.227. The third kappa shape index (κ3) is 3.39. The molecule has 0 unspecified atom stereocenters. The Morgan fingerprint density at radius 3 is 2.83 bits per heavy atom. The molecule has 1 atom stereocenters. The summed E-state index contributed by atoms with van der Waals surface area (Å²) in [6.45, 7) is 6.52. The first-order chi connectivity index (χ1) is 14.5. The second-order valence-corrected chi connectivity index (χ2v) is 8.28. The number of aromatic amines is 1. The highest BCUT2D eigenvalue weighted by molar-refractivity contribution is 5.82. The van der Waals surface area contributed by atoms with Crippen LogP contribution in [0.5, 0.6) is 5.75 Å². The number of carbonyl (C=O) groups excluding carboxylic acids is 1. The minimum absolute atomic E-state index is 0.0274. The second-order valence-electron chi connectivity index (χ2n) is 8.28. The van der Waals surface area contributed by atoms with Crippen molar-refractivity contribution >= 4 is 17.1 Å². The van der Waals surface area contributed by atoms with Gasteiger partial charge in [0.1, 0.15) is 18.2 Å². The predicted octanol–water partition coefficient (Wildman–Crippen LogP) is 3.23. The van der Waals surface area contributed by atoms with Crippen LogP contribution in [-0.2, 0) is 6.54 Å². The van der Waals surface area contributed by atoms with Gasteiger partial charge in [-0.3, -0.25) is 0 Å². The molecule has 2 aromatic carbocycles. The van der Waals surface area contributed by atoms with Gasteiger partial charge in [0.25, 0.3) is 0 Å². The number of hydrogen-bond acceptors (Lipinski definition) is 4. The fourth-order valence-corrected chi connectivity index (χ4v) is 4.48. The average molecular weight is 406 g/mol. The minimum atomic E-state index is -0.417. The van der Waals surface area contributed by atoms with E-state index in [0.29, 0.717) is 39.2 Å². The number of carbonyl (C=O) groups is 1. The average Bonchev–Trinajstić information content (AvgIpc) is 3.24. The van der Waals surface area contributed by atoms with E-state index >= 15 is 0 Å². The smallest absolute Gasteiger partial charge is 0.320 e. The number of aliphatic hydroxyl groups excluding tert-OH is 1. The van der Waals surface area contributed by atoms with Crippen LogP contribution < -0.4 is 4.74 Å². The topological polar surface area (TPSA) is 81.7 Å². The number of hydrogen-bond donors (Lipinski definition) is 2. The molecular weight excluding hydrogens is 380 g/mol. The number of nitrogens with one attached hydrogen (secondary N) is 1. The third-order valence-electron chi connectivity index (χ3n) is 5.96. The van der Waals surface area contributed by atoms with Gasteiger partial charge in [-0.25, -0.2) is 9.78 Å². The van der Waals surface area contributed by atoms with E-state index in [1.807, 2.05) is 17.9 Å². The monoisotopic (exact) mass is 406 g/mol. The molecule has 5 rings (SSSR count). The molecule has 30 heavy (non-hydrogen) atoms. The molecule has 156 valence electrons. The van der Waals surface area contributed by atoms with E-state index in [4.69, 9.17) is 4.74 Å². The van der Waals surface area contributed by atoms with Crippen LogP contribution in [0.1, 0.15) is 23.4 Å². The number of rotatable bonds is 1. The Bertz CT molecular complexity index is 1120. The minimum Gasteiger partial charge on any atom is -0.491 e. The number of aromatic nitrogens is 2. The largest absolute Gasteiger partial charge is 0.491 e. The number of imidazole rings is 1. The van der Waals surface area contributed by atoms with Gasteiger partial charge in [-0.05, 0) is 61.2 Å². The lowest BCUT2D eigenvalue weighted by molar-refractivity contribution is 0.141. The van der Waals surface area contributed by atoms with Crippen LogP contribution in [0.15, 0.2) is 30.3 Å². The lowest BCUT2D eigenvalue weighted by Gasteiger charge is -2.26. The highest BCUT2D eigenvalue weighted by Gasteiger charge is 2.30. The molecule has 0 aliphatic carbocycles. The van der Waals surface area contributed by atoms with Gasteiger partial charge in [-0.15, -0.1) is 0 Å². The molecule has 2 aliphatic heterocycles. The second kappa shape index (κ2) is 7.32. The van der Waals surface area contributed by atoms with Gasteiger partial charge in [-0.2, -0.15) is 0 Å². The van der Waals surface area contributed by atoms with Crippen molar-refractivity contribution in [3.63, 3.8) is 0 Å². The van der Waals surface area contributed by atoms with E-state index in [-0.39, 0.29) is 6.03 Å². The van der Waals surface area contributed by atoms with Gasteiger partial charge < -0.3 is 24.6 Å². The summed E-state index contributed by atoms with van der Waals surface area (Å²) in [5.41, 5.74) is 6.23. The molecule has 7 nitrogen and oxygen atoms in total. The van der Waals surface area contributed by atoms with Crippen molar-refractivity contribution in [3.05, 3.63) is 47.3 Å². The number of H-pyrrole nitrogens is 1. The standard InChI is InChI=1S/C23H26N4O3/c1-14-9-17(16-3-4-20-21(11-16)25-15(2)24-20)10-18-12-27(7-8-30-22(14)18)23(29)26-6-5-19(28)13-26/h3-4,9-11,19,28H,5-8,12-13H2,1-2H3,(H,24,25)/t19-/m1/s1. The molecule has 1 aromatic heterocycles. The first kappa shape index (κ1) is 18.9. The van der Waals surface area contributed by atoms with Gasteiger partial charge in [0.15, 0.2) is 0 Å². The fraction of sp³-hybridized carbons (Fsp3) is 0.391. The molecule has 2 aliphatic rings. The van der Waals surface area contributed by atoms with Crippen molar-refractivity contribution in [3.8, 4) is 16.9 Å². The van der Waals surface area contributed by atoms with Crippen LogP contribution in [0.3, 0.4) is 0 Å². The molecule has 1 fully saturated rings. The summed E-state index contributed by atoms with van der Waals surface area (Å²) in [4.78, 5) is 24.3. The number of fused-ring (bicyclic) bond motifs is 2. The van der Waals surface area contributed by atoms with Crippen LogP contribution in [0.25, 0.3) is 22.2 Å². The van der Waals surface area contributed by atoms with Gasteiger partial charge in [0, 0.05) is 18.7 Å². The van der Waals surface area contributed by atoms with E-state index in [0.717, 1.165) is 44.9 Å². The molecule has 3 heterocycles. The molecule has 1 saturated heterocycles. The number of likely N-dealkylation sites (tertiary alicyclic amines) is 1. The van der Waals surface area contributed by atoms with Crippen LogP contribution >= 0.6 is 0 Å². The molecule has 0 bridgehead atoms. The fourth-order valence-electron chi connectivity index (χ4n) is 4.48. The molecule has 0 spiro atoms. The van der Waals surface area contributed by atoms with E-state index < -0.39 is 6.10 Å². The molecule has 2 N–H and O–H groups in total. The van der Waals surface area contributed by atoms with Crippen molar-refractivity contribution in [2.75, 3.05) is 26.2 Å². The maximum atomic E-state index is 13.0. The first-order valence-corrected chi connectivity index (χ1v) is 10.4. The number of benzene rings is 2. The lowest BCUT2D eigenvalue weighted by Crippen LogP contribution is -2.43. The van der Waals surface area contributed by atoms with Crippen LogP contribution in [-0.4, -0.2) is 63.3 Å². The molecular formula is C23H26N4O3. The summed E-state index contributed by atoms with van der Waals surface area (Å²) >= 11 is 0. The molecule has 0 saturated carbocycles. The van der Waals surface area contributed by atoms with E-state index in [1.54, 1.807) is 4.90 Å². The van der Waals surface area contributed by atoms with Gasteiger partial charge in [0.2, 0.25) is 0 Å². The Kier molecular flexibility index (Phi) is 4.62. The zero-order chi connectivity index (χ0) is 20.8. The molecule has 0 radical (unpaired) electrons. The zero-order valence-electron chi connectivity index (χ0n) is 17.3. The normalized spacial score (nSPS) is 19.0. The lowest BCUT2D eigenvalue weighted by atomic mass is 9.98. The van der Waals surface area contributed by atoms with Crippen molar-refractivity contribution in [1.82, 2.24) is 19.8 Å². The summed E-state index contributed by atoms with van der Waals surface area (Å²) in [7, 11) is 0. The molecule has 2 amide bonds. The third-order valence-corrected chi connectivity index (χ3v) is 5.96. The van der Waals surface area contributed by atoms with Gasteiger partial charge in [0.05, 0.1) is 30.2 Å². The zero-order valence-corrected chi connectivity index (χ0v) is 17.3. The van der Waals surface area contributed by atoms with E-state index in [2.05, 4.69) is 41.2 Å². The maximum absolute atomic E-state index is 13.0. The number of nitrogens with zero attached hydrogens (tertiary/aromatic N) is 3. The van der Waals surface area contributed by atoms with E-state index in [1.165, 1.54) is 0 Å². The number of aryl methyl sites for hydroxylation is 2. The van der Waals surface area contributed by atoms with E-state index in [9.17, 15) is 9.90 Å². The molecule has 3 aromatic rings. The highest BCUT2D eigenvalue weighted by atomic mass is 16.5. The number of urea groups is 1. The van der Waals surface area contributed by atoms with Crippen LogP contribution in [0, 0.1) is 13.8 Å². The number of ether oxygens (including phenoxy) is 1. The summed E-state index contributed by atoms with van der Waals surface area (Å²) < 4.78 is 6.03. The predicted molar refractivity (Wildman–Crippen MR) is 115 cm³/mol. The summed E-state index contributed by atoms with van der Waals surface area (Å²) in [5, 5.41) is 9.79. The van der Waals surface area contributed by atoms with Gasteiger partial charge in [-0.1, -0.05) is 6.07 Å². The maximum Gasteiger partial charge on any atom is 0.320 e.